The van der Waals surface area contributed by atoms with Crippen LogP contribution in [0.1, 0.15) is 12.8 Å². The van der Waals surface area contributed by atoms with Gasteiger partial charge in [-0.2, -0.15) is 4.98 Å². The molecule has 0 aliphatic carbocycles. The standard InChI is InChI=1S/C13H12BrN5OS2/c1-2-15-12-17-18-13(22-12)21-7-10-16-11(19-20-10)8-4-3-5-9(14)6-8/h3-6H,2,7H2,1H3,(H,15,17). The Morgan fingerprint density at radius 3 is 3.09 bits per heavy atom. The number of halogens is 1. The summed E-state index contributed by atoms with van der Waals surface area (Å²) in [6.07, 6.45) is 0. The monoisotopic (exact) mass is 397 g/mol. The summed E-state index contributed by atoms with van der Waals surface area (Å²) in [7, 11) is 0. The lowest BCUT2D eigenvalue weighted by molar-refractivity contribution is 0.391. The molecule has 0 unspecified atom stereocenters. The van der Waals surface area contributed by atoms with Crippen molar-refractivity contribution in [3.8, 4) is 11.4 Å². The molecule has 0 fully saturated rings. The van der Waals surface area contributed by atoms with E-state index in [-0.39, 0.29) is 0 Å². The summed E-state index contributed by atoms with van der Waals surface area (Å²) >= 11 is 6.48. The Hall–Kier alpha value is -1.45. The average molecular weight is 398 g/mol. The molecular formula is C13H12BrN5OS2. The van der Waals surface area contributed by atoms with Gasteiger partial charge in [0, 0.05) is 16.6 Å². The number of aromatic nitrogens is 4. The zero-order chi connectivity index (χ0) is 15.4. The van der Waals surface area contributed by atoms with E-state index in [1.165, 1.54) is 23.1 Å². The molecule has 3 aromatic rings. The molecule has 0 spiro atoms. The number of rotatable bonds is 6. The SMILES string of the molecule is CCNc1nnc(SCc2nc(-c3cccc(Br)c3)no2)s1. The van der Waals surface area contributed by atoms with E-state index in [1.54, 1.807) is 0 Å². The van der Waals surface area contributed by atoms with Gasteiger partial charge < -0.3 is 9.84 Å². The van der Waals surface area contributed by atoms with Gasteiger partial charge in [-0.25, -0.2) is 0 Å². The van der Waals surface area contributed by atoms with Gasteiger partial charge in [0.15, 0.2) is 4.34 Å². The third kappa shape index (κ3) is 3.84. The molecule has 2 heterocycles. The van der Waals surface area contributed by atoms with Crippen LogP contribution in [0.15, 0.2) is 37.6 Å². The lowest BCUT2D eigenvalue weighted by Gasteiger charge is -1.94. The highest BCUT2D eigenvalue weighted by molar-refractivity contribution is 9.10. The lowest BCUT2D eigenvalue weighted by Crippen LogP contribution is -1.94. The van der Waals surface area contributed by atoms with Crippen molar-refractivity contribution in [1.82, 2.24) is 20.3 Å². The molecule has 2 aromatic heterocycles. The number of nitrogens with zero attached hydrogens (tertiary/aromatic N) is 4. The fourth-order valence-electron chi connectivity index (χ4n) is 1.67. The van der Waals surface area contributed by atoms with Crippen LogP contribution >= 0.6 is 39.0 Å². The highest BCUT2D eigenvalue weighted by Gasteiger charge is 2.11. The second kappa shape index (κ2) is 7.21. The van der Waals surface area contributed by atoms with Gasteiger partial charge in [0.1, 0.15) is 0 Å². The van der Waals surface area contributed by atoms with Crippen LogP contribution in [0, 0.1) is 0 Å². The van der Waals surface area contributed by atoms with Gasteiger partial charge in [-0.05, 0) is 19.1 Å². The zero-order valence-electron chi connectivity index (χ0n) is 11.6. The second-order valence-corrected chi connectivity index (χ2v) is 7.33. The van der Waals surface area contributed by atoms with E-state index in [1.807, 2.05) is 31.2 Å². The largest absolute Gasteiger partial charge is 0.360 e. The van der Waals surface area contributed by atoms with Crippen LogP contribution in [-0.2, 0) is 5.75 Å². The number of benzene rings is 1. The first-order chi connectivity index (χ1) is 10.7. The van der Waals surface area contributed by atoms with Crippen molar-refractivity contribution in [3.05, 3.63) is 34.6 Å². The Kier molecular flexibility index (Phi) is 5.06. The minimum absolute atomic E-state index is 0.570. The molecule has 1 N–H and O–H groups in total. The quantitative estimate of drug-likeness (QED) is 0.627. The molecule has 6 nitrogen and oxygen atoms in total. The van der Waals surface area contributed by atoms with Crippen molar-refractivity contribution in [2.45, 2.75) is 17.0 Å². The van der Waals surface area contributed by atoms with E-state index in [0.717, 1.165) is 26.1 Å². The normalized spacial score (nSPS) is 10.8. The average Bonchev–Trinajstić information content (AvgIpc) is 3.15. The summed E-state index contributed by atoms with van der Waals surface area (Å²) in [5.41, 5.74) is 0.916. The van der Waals surface area contributed by atoms with E-state index >= 15 is 0 Å². The minimum atomic E-state index is 0.570. The minimum Gasteiger partial charge on any atom is -0.360 e. The van der Waals surface area contributed by atoms with Crippen molar-refractivity contribution in [2.75, 3.05) is 11.9 Å². The lowest BCUT2D eigenvalue weighted by atomic mass is 10.2. The van der Waals surface area contributed by atoms with Gasteiger partial charge in [-0.3, -0.25) is 0 Å². The van der Waals surface area contributed by atoms with Crippen molar-refractivity contribution in [2.24, 2.45) is 0 Å². The molecule has 0 saturated heterocycles. The van der Waals surface area contributed by atoms with Crippen molar-refractivity contribution in [3.63, 3.8) is 0 Å². The molecule has 0 amide bonds. The maximum Gasteiger partial charge on any atom is 0.237 e. The molecule has 0 aliphatic heterocycles. The fraction of sp³-hybridized carbons (Fsp3) is 0.231. The molecule has 9 heteroatoms. The number of thioether (sulfide) groups is 1. The molecule has 0 aliphatic rings. The van der Waals surface area contributed by atoms with Crippen LogP contribution in [0.4, 0.5) is 5.13 Å². The molecule has 0 radical (unpaired) electrons. The van der Waals surface area contributed by atoms with Crippen LogP contribution in [0.5, 0.6) is 0 Å². The van der Waals surface area contributed by atoms with E-state index in [2.05, 4.69) is 41.6 Å². The molecule has 0 saturated carbocycles. The number of hydrogen-bond acceptors (Lipinski definition) is 8. The van der Waals surface area contributed by atoms with E-state index in [9.17, 15) is 0 Å². The Labute approximate surface area is 143 Å². The van der Waals surface area contributed by atoms with Crippen molar-refractivity contribution in [1.29, 1.82) is 0 Å². The van der Waals surface area contributed by atoms with Crippen molar-refractivity contribution >= 4 is 44.2 Å². The van der Waals surface area contributed by atoms with Crippen LogP contribution < -0.4 is 5.32 Å². The highest BCUT2D eigenvalue weighted by atomic mass is 79.9. The molecule has 1 aromatic carbocycles. The molecule has 0 atom stereocenters. The molecular weight excluding hydrogens is 386 g/mol. The van der Waals surface area contributed by atoms with Gasteiger partial charge in [-0.1, -0.05) is 56.3 Å². The predicted molar refractivity (Wildman–Crippen MR) is 91.1 cm³/mol. The fourth-order valence-corrected chi connectivity index (χ4v) is 3.73. The van der Waals surface area contributed by atoms with Crippen molar-refractivity contribution < 1.29 is 4.52 Å². The summed E-state index contributed by atoms with van der Waals surface area (Å²) in [4.78, 5) is 4.40. The second-order valence-electron chi connectivity index (χ2n) is 4.21. The Morgan fingerprint density at radius 2 is 2.27 bits per heavy atom. The number of nitrogens with one attached hydrogen (secondary N) is 1. The summed E-state index contributed by atoms with van der Waals surface area (Å²) in [6.45, 7) is 2.86. The van der Waals surface area contributed by atoms with Crippen LogP contribution in [0.25, 0.3) is 11.4 Å². The highest BCUT2D eigenvalue weighted by Crippen LogP contribution is 2.28. The van der Waals surface area contributed by atoms with Gasteiger partial charge >= 0.3 is 0 Å². The Bertz CT molecular complexity index is 760. The van der Waals surface area contributed by atoms with Crippen LogP contribution in [-0.4, -0.2) is 26.9 Å². The summed E-state index contributed by atoms with van der Waals surface area (Å²) in [5.74, 6) is 1.73. The first kappa shape index (κ1) is 15.4. The predicted octanol–water partition coefficient (Wildman–Crippen LogP) is 4.07. The van der Waals surface area contributed by atoms with Gasteiger partial charge in [0.2, 0.25) is 16.8 Å². The Balaban J connectivity index is 1.64. The Morgan fingerprint density at radius 1 is 1.36 bits per heavy atom. The zero-order valence-corrected chi connectivity index (χ0v) is 14.8. The van der Waals surface area contributed by atoms with Crippen LogP contribution in [0.2, 0.25) is 0 Å². The third-order valence-corrected chi connectivity index (χ3v) is 5.10. The summed E-state index contributed by atoms with van der Waals surface area (Å²) < 4.78 is 7.13. The molecule has 114 valence electrons. The van der Waals surface area contributed by atoms with Gasteiger partial charge in [0.25, 0.3) is 0 Å². The smallest absolute Gasteiger partial charge is 0.237 e. The van der Waals surface area contributed by atoms with E-state index < -0.39 is 0 Å². The molecule has 22 heavy (non-hydrogen) atoms. The van der Waals surface area contributed by atoms with Crippen LogP contribution in [0.3, 0.4) is 0 Å². The topological polar surface area (TPSA) is 76.7 Å². The van der Waals surface area contributed by atoms with Gasteiger partial charge in [-0.15, -0.1) is 10.2 Å². The van der Waals surface area contributed by atoms with E-state index in [4.69, 9.17) is 4.52 Å². The third-order valence-electron chi connectivity index (χ3n) is 2.60. The summed E-state index contributed by atoms with van der Waals surface area (Å²) in [6, 6.07) is 7.79. The maximum absolute atomic E-state index is 5.28. The van der Waals surface area contributed by atoms with Gasteiger partial charge in [0.05, 0.1) is 5.75 Å². The number of anilines is 1. The molecule has 0 bridgehead atoms. The first-order valence-electron chi connectivity index (χ1n) is 6.53. The molecule has 3 rings (SSSR count). The summed E-state index contributed by atoms with van der Waals surface area (Å²) in [5, 5.41) is 16.1. The maximum atomic E-state index is 5.28. The first-order valence-corrected chi connectivity index (χ1v) is 9.13. The van der Waals surface area contributed by atoms with E-state index in [0.29, 0.717) is 17.5 Å². The number of hydrogen-bond donors (Lipinski definition) is 1.